The molecule has 31 heavy (non-hydrogen) atoms. The average molecular weight is 454 g/mol. The molecule has 4 rings (SSSR count). The fourth-order valence-corrected chi connectivity index (χ4v) is 4.64. The smallest absolute Gasteiger partial charge is 0.358 e. The van der Waals surface area contributed by atoms with Crippen molar-refractivity contribution in [2.24, 2.45) is 0 Å². The van der Waals surface area contributed by atoms with Crippen molar-refractivity contribution in [3.8, 4) is 0 Å². The first-order valence-electron chi connectivity index (χ1n) is 9.58. The summed E-state index contributed by atoms with van der Waals surface area (Å²) in [5.74, 6) is 0.367. The minimum Gasteiger partial charge on any atom is -0.358 e. The number of alkyl halides is 3. The molecule has 1 atom stereocenters. The second kappa shape index (κ2) is 7.68. The highest BCUT2D eigenvalue weighted by Crippen LogP contribution is 2.41. The lowest BCUT2D eigenvalue weighted by molar-refractivity contribution is -0.145. The van der Waals surface area contributed by atoms with E-state index in [0.29, 0.717) is 23.3 Å². The molecule has 1 saturated heterocycles. The number of aryl methyl sites for hydroxylation is 1. The molecule has 0 spiro atoms. The third-order valence-electron chi connectivity index (χ3n) is 5.41. The number of nitrogens with one attached hydrogen (secondary N) is 3. The van der Waals surface area contributed by atoms with Gasteiger partial charge in [-0.15, -0.1) is 0 Å². The molecular weight excluding hydrogens is 433 g/mol. The van der Waals surface area contributed by atoms with E-state index >= 15 is 0 Å². The van der Waals surface area contributed by atoms with Crippen LogP contribution in [0.25, 0.3) is 11.0 Å². The normalized spacial score (nSPS) is 17.5. The first-order valence-corrected chi connectivity index (χ1v) is 11.1. The van der Waals surface area contributed by atoms with Crippen LogP contribution >= 0.6 is 0 Å². The topological polar surface area (TPSA) is 103 Å². The summed E-state index contributed by atoms with van der Waals surface area (Å²) in [6.07, 6.45) is -0.970. The van der Waals surface area contributed by atoms with Gasteiger partial charge in [-0.2, -0.15) is 13.2 Å². The quantitative estimate of drug-likeness (QED) is 0.546. The van der Waals surface area contributed by atoms with Gasteiger partial charge in [0.2, 0.25) is 10.0 Å². The third-order valence-corrected chi connectivity index (χ3v) is 6.82. The summed E-state index contributed by atoms with van der Waals surface area (Å²) < 4.78 is 67.7. The van der Waals surface area contributed by atoms with Gasteiger partial charge in [0.05, 0.1) is 21.7 Å². The van der Waals surface area contributed by atoms with Crippen LogP contribution in [0.2, 0.25) is 0 Å². The molecular formula is C19H21F3N6O2S. The number of hydrogen-bond acceptors (Lipinski definition) is 6. The maximum absolute atomic E-state index is 13.6. The van der Waals surface area contributed by atoms with E-state index in [1.165, 1.54) is 36.5 Å². The van der Waals surface area contributed by atoms with E-state index in [1.807, 2.05) is 6.92 Å². The highest BCUT2D eigenvalue weighted by molar-refractivity contribution is 7.89. The molecule has 0 unspecified atom stereocenters. The summed E-state index contributed by atoms with van der Waals surface area (Å²) in [5.41, 5.74) is 1.88. The first-order chi connectivity index (χ1) is 14.6. The summed E-state index contributed by atoms with van der Waals surface area (Å²) in [6, 6.07) is 2.39. The Hall–Kier alpha value is -2.86. The Morgan fingerprint density at radius 2 is 2.03 bits per heavy atom. The number of nitrogens with zero attached hydrogens (tertiary/aromatic N) is 3. The molecule has 3 heterocycles. The van der Waals surface area contributed by atoms with Crippen molar-refractivity contribution in [3.63, 3.8) is 0 Å². The highest BCUT2D eigenvalue weighted by atomic mass is 32.2. The van der Waals surface area contributed by atoms with Crippen LogP contribution < -0.4 is 14.9 Å². The van der Waals surface area contributed by atoms with E-state index < -0.39 is 22.2 Å². The molecule has 1 fully saturated rings. The molecule has 0 amide bonds. The summed E-state index contributed by atoms with van der Waals surface area (Å²) in [6.45, 7) is 2.05. The number of benzene rings is 1. The van der Waals surface area contributed by atoms with Crippen LogP contribution in [-0.4, -0.2) is 49.2 Å². The molecule has 3 N–H and O–H groups in total. The molecule has 8 nitrogen and oxygen atoms in total. The average Bonchev–Trinajstić information content (AvgIpc) is 3.36. The Morgan fingerprint density at radius 1 is 1.26 bits per heavy atom. The van der Waals surface area contributed by atoms with Crippen LogP contribution in [0.5, 0.6) is 0 Å². The van der Waals surface area contributed by atoms with Crippen molar-refractivity contribution >= 4 is 38.2 Å². The van der Waals surface area contributed by atoms with E-state index in [0.717, 1.165) is 5.56 Å². The van der Waals surface area contributed by atoms with E-state index in [1.54, 1.807) is 6.20 Å². The predicted octanol–water partition coefficient (Wildman–Crippen LogP) is 3.45. The van der Waals surface area contributed by atoms with Gasteiger partial charge < -0.3 is 15.2 Å². The van der Waals surface area contributed by atoms with Crippen molar-refractivity contribution < 1.29 is 21.6 Å². The van der Waals surface area contributed by atoms with Gasteiger partial charge in [0.25, 0.3) is 0 Å². The third kappa shape index (κ3) is 3.92. The Bertz CT molecular complexity index is 1230. The van der Waals surface area contributed by atoms with Gasteiger partial charge in [0.1, 0.15) is 23.8 Å². The van der Waals surface area contributed by atoms with Crippen LogP contribution in [0.15, 0.2) is 35.6 Å². The van der Waals surface area contributed by atoms with E-state index in [2.05, 4.69) is 25.0 Å². The number of sulfonamides is 1. The molecule has 3 aromatic rings. The Morgan fingerprint density at radius 3 is 2.74 bits per heavy atom. The summed E-state index contributed by atoms with van der Waals surface area (Å²) >= 11 is 0. The molecule has 1 aromatic carbocycles. The molecule has 166 valence electrons. The Kier molecular flexibility index (Phi) is 5.30. The number of halogens is 3. The number of aromatic nitrogens is 3. The van der Waals surface area contributed by atoms with Crippen molar-refractivity contribution in [1.82, 2.24) is 19.7 Å². The second-order valence-corrected chi connectivity index (χ2v) is 9.21. The van der Waals surface area contributed by atoms with E-state index in [-0.39, 0.29) is 29.2 Å². The number of fused-ring (bicyclic) bond motifs is 1. The molecule has 1 aliphatic heterocycles. The van der Waals surface area contributed by atoms with Gasteiger partial charge in [-0.1, -0.05) is 0 Å². The molecule has 1 aliphatic rings. The first kappa shape index (κ1) is 21.4. The zero-order valence-corrected chi connectivity index (χ0v) is 17.6. The minimum absolute atomic E-state index is 0.0197. The Labute approximate surface area is 176 Å². The molecule has 0 saturated carbocycles. The van der Waals surface area contributed by atoms with Crippen molar-refractivity contribution in [2.45, 2.75) is 36.9 Å². The second-order valence-electron chi connectivity index (χ2n) is 7.32. The molecule has 0 radical (unpaired) electrons. The van der Waals surface area contributed by atoms with Crippen LogP contribution in [0.1, 0.15) is 18.4 Å². The molecule has 0 bridgehead atoms. The van der Waals surface area contributed by atoms with Gasteiger partial charge in [-0.3, -0.25) is 0 Å². The van der Waals surface area contributed by atoms with Crippen LogP contribution in [0.4, 0.5) is 30.4 Å². The largest absolute Gasteiger partial charge is 0.408 e. The zero-order chi connectivity index (χ0) is 22.4. The van der Waals surface area contributed by atoms with Crippen LogP contribution in [-0.2, 0) is 10.0 Å². The number of H-pyrrole nitrogens is 1. The maximum atomic E-state index is 13.6. The maximum Gasteiger partial charge on any atom is 0.408 e. The lowest BCUT2D eigenvalue weighted by atomic mass is 10.1. The van der Waals surface area contributed by atoms with E-state index in [4.69, 9.17) is 0 Å². The summed E-state index contributed by atoms with van der Waals surface area (Å²) in [5, 5.41) is 3.73. The lowest BCUT2D eigenvalue weighted by Gasteiger charge is -2.30. The fourth-order valence-electron chi connectivity index (χ4n) is 3.89. The highest BCUT2D eigenvalue weighted by Gasteiger charge is 2.46. The number of rotatable bonds is 5. The predicted molar refractivity (Wildman–Crippen MR) is 111 cm³/mol. The van der Waals surface area contributed by atoms with Crippen LogP contribution in [0.3, 0.4) is 0 Å². The fraction of sp³-hybridized carbons (Fsp3) is 0.368. The molecule has 0 aliphatic carbocycles. The van der Waals surface area contributed by atoms with Crippen molar-refractivity contribution in [1.29, 1.82) is 0 Å². The van der Waals surface area contributed by atoms with Crippen molar-refractivity contribution in [3.05, 3.63) is 36.3 Å². The number of hydrogen-bond donors (Lipinski definition) is 3. The molecule has 2 aromatic heterocycles. The molecule has 12 heteroatoms. The standard InChI is InChI=1S/C19H21F3N6O2S/c1-11-9-24-17-16(11)18(26-10-25-17)27-13-8-12(31(29,30)23-2)5-6-14(13)28-7-3-4-15(28)19(20,21)22/h5-6,8-10,15,23H,3-4,7H2,1-2H3,(H2,24,25,26,27)/t15-/m1/s1. The number of anilines is 3. The minimum atomic E-state index is -4.40. The monoisotopic (exact) mass is 454 g/mol. The van der Waals surface area contributed by atoms with E-state index in [9.17, 15) is 21.6 Å². The zero-order valence-electron chi connectivity index (χ0n) is 16.8. The van der Waals surface area contributed by atoms with Gasteiger partial charge in [0, 0.05) is 12.7 Å². The number of aromatic amines is 1. The summed E-state index contributed by atoms with van der Waals surface area (Å²) in [4.78, 5) is 12.6. The SMILES string of the molecule is CNS(=O)(=O)c1ccc(N2CCC[C@@H]2C(F)(F)F)c(Nc2ncnc3[nH]cc(C)c23)c1. The Balaban J connectivity index is 1.85. The van der Waals surface area contributed by atoms with Crippen LogP contribution in [0, 0.1) is 6.92 Å². The lowest BCUT2D eigenvalue weighted by Crippen LogP contribution is -2.41. The van der Waals surface area contributed by atoms with Gasteiger partial charge in [-0.25, -0.2) is 23.1 Å². The summed E-state index contributed by atoms with van der Waals surface area (Å²) in [7, 11) is -2.53. The van der Waals surface area contributed by atoms with Crippen molar-refractivity contribution in [2.75, 3.05) is 23.8 Å². The van der Waals surface area contributed by atoms with Gasteiger partial charge in [0.15, 0.2) is 0 Å². The van der Waals surface area contributed by atoms with Gasteiger partial charge >= 0.3 is 6.18 Å². The van der Waals surface area contributed by atoms with Gasteiger partial charge in [-0.05, 0) is 50.6 Å².